The lowest BCUT2D eigenvalue weighted by molar-refractivity contribution is 0.0779. The fraction of sp³-hybridized carbons (Fsp3) is 0.250. The Labute approximate surface area is 64.7 Å². The molecule has 0 aromatic carbocycles. The Kier molecular flexibility index (Phi) is 2.33. The van der Waals surface area contributed by atoms with Crippen molar-refractivity contribution in [2.75, 3.05) is 0 Å². The summed E-state index contributed by atoms with van der Waals surface area (Å²) in [6.07, 6.45) is 2.08. The van der Waals surface area contributed by atoms with Crippen LogP contribution in [0.4, 0.5) is 0 Å². The van der Waals surface area contributed by atoms with Crippen LogP contribution >= 0.6 is 0 Å². The molecule has 1 aromatic heterocycles. The number of aliphatic hydroxyl groups is 1. The third kappa shape index (κ3) is 1.85. The molecular weight excluding hydrogens is 142 g/mol. The first-order chi connectivity index (χ1) is 5.22. The molecule has 0 radical (unpaired) electrons. The van der Waals surface area contributed by atoms with Crippen molar-refractivity contribution in [1.29, 1.82) is 0 Å². The van der Waals surface area contributed by atoms with Crippen LogP contribution in [-0.2, 0) is 0 Å². The Morgan fingerprint density at radius 1 is 1.73 bits per heavy atom. The Hall–Kier alpha value is -1.22. The van der Waals surface area contributed by atoms with E-state index in [0.717, 1.165) is 0 Å². The van der Waals surface area contributed by atoms with Gasteiger partial charge in [-0.1, -0.05) is 0 Å². The molecule has 0 aliphatic rings. The lowest BCUT2D eigenvalue weighted by atomic mass is 10.1. The summed E-state index contributed by atoms with van der Waals surface area (Å²) in [5.74, 6) is -0.293. The largest absolute Gasteiger partial charge is 0.385 e. The molecule has 1 heterocycles. The first kappa shape index (κ1) is 7.88. The minimum absolute atomic E-state index is 0.293. The maximum atomic E-state index is 11.1. The highest BCUT2D eigenvalue weighted by atomic mass is 16.3. The molecule has 1 N–H and O–H groups in total. The highest BCUT2D eigenvalue weighted by Crippen LogP contribution is 2.00. The van der Waals surface area contributed by atoms with Gasteiger partial charge in [-0.15, -0.1) is 0 Å². The first-order valence-corrected chi connectivity index (χ1v) is 3.34. The molecule has 1 aromatic rings. The van der Waals surface area contributed by atoms with E-state index in [2.05, 4.69) is 4.98 Å². The molecule has 0 amide bonds. The van der Waals surface area contributed by atoms with E-state index in [-0.39, 0.29) is 5.78 Å². The normalized spacial score (nSPS) is 12.5. The average Bonchev–Trinajstić information content (AvgIpc) is 2.05. The SMILES string of the molecule is C[C@@H](O)C(=O)c1cccnc1. The van der Waals surface area contributed by atoms with Crippen LogP contribution in [0.15, 0.2) is 24.5 Å². The molecule has 3 nitrogen and oxygen atoms in total. The third-order valence-electron chi connectivity index (χ3n) is 1.33. The van der Waals surface area contributed by atoms with Crippen LogP contribution in [-0.4, -0.2) is 22.0 Å². The molecule has 0 fully saturated rings. The van der Waals surface area contributed by atoms with Crippen LogP contribution in [0, 0.1) is 0 Å². The summed E-state index contributed by atoms with van der Waals surface area (Å²) in [5, 5.41) is 8.90. The summed E-state index contributed by atoms with van der Waals surface area (Å²) < 4.78 is 0. The zero-order valence-corrected chi connectivity index (χ0v) is 6.19. The van der Waals surface area contributed by atoms with Crippen molar-refractivity contribution in [1.82, 2.24) is 4.98 Å². The predicted molar refractivity (Wildman–Crippen MR) is 40.2 cm³/mol. The van der Waals surface area contributed by atoms with Crippen molar-refractivity contribution in [2.24, 2.45) is 0 Å². The monoisotopic (exact) mass is 151 g/mol. The standard InChI is InChI=1S/C8H9NO2/c1-6(10)8(11)7-3-2-4-9-5-7/h2-6,10H,1H3/t6-/m1/s1. The summed E-state index contributed by atoms with van der Waals surface area (Å²) in [6.45, 7) is 1.44. The molecule has 0 aliphatic heterocycles. The number of carbonyl (C=O) groups is 1. The van der Waals surface area contributed by atoms with Crippen molar-refractivity contribution in [3.8, 4) is 0 Å². The second-order valence-electron chi connectivity index (χ2n) is 2.28. The van der Waals surface area contributed by atoms with Crippen LogP contribution in [0.3, 0.4) is 0 Å². The Bertz CT molecular complexity index is 244. The molecule has 0 spiro atoms. The third-order valence-corrected chi connectivity index (χ3v) is 1.33. The highest BCUT2D eigenvalue weighted by Gasteiger charge is 2.10. The van der Waals surface area contributed by atoms with Gasteiger partial charge in [0.15, 0.2) is 5.78 Å². The molecule has 0 bridgehead atoms. The van der Waals surface area contributed by atoms with E-state index >= 15 is 0 Å². The molecule has 0 saturated carbocycles. The molecule has 1 rings (SSSR count). The smallest absolute Gasteiger partial charge is 0.192 e. The lowest BCUT2D eigenvalue weighted by Gasteiger charge is -2.00. The van der Waals surface area contributed by atoms with Gasteiger partial charge < -0.3 is 5.11 Å². The van der Waals surface area contributed by atoms with Crippen molar-refractivity contribution in [3.05, 3.63) is 30.1 Å². The number of nitrogens with zero attached hydrogens (tertiary/aromatic N) is 1. The van der Waals surface area contributed by atoms with Crippen molar-refractivity contribution in [2.45, 2.75) is 13.0 Å². The summed E-state index contributed by atoms with van der Waals surface area (Å²) in [5.41, 5.74) is 0.447. The summed E-state index contributed by atoms with van der Waals surface area (Å²) in [6, 6.07) is 3.29. The van der Waals surface area contributed by atoms with Gasteiger partial charge in [0.1, 0.15) is 6.10 Å². The van der Waals surface area contributed by atoms with Crippen molar-refractivity contribution in [3.63, 3.8) is 0 Å². The van der Waals surface area contributed by atoms with Crippen LogP contribution in [0.2, 0.25) is 0 Å². The van der Waals surface area contributed by atoms with Gasteiger partial charge in [-0.05, 0) is 19.1 Å². The van der Waals surface area contributed by atoms with Crippen molar-refractivity contribution < 1.29 is 9.90 Å². The number of carbonyl (C=O) groups excluding carboxylic acids is 1. The Balaban J connectivity index is 2.86. The van der Waals surface area contributed by atoms with E-state index in [1.165, 1.54) is 13.1 Å². The lowest BCUT2D eigenvalue weighted by Crippen LogP contribution is -2.15. The molecule has 0 unspecified atom stereocenters. The fourth-order valence-electron chi connectivity index (χ4n) is 0.750. The number of Topliss-reactive ketones (excluding diaryl/α,β-unsaturated/α-hetero) is 1. The van der Waals surface area contributed by atoms with E-state index in [4.69, 9.17) is 5.11 Å². The molecule has 0 saturated heterocycles. The van der Waals surface area contributed by atoms with E-state index in [0.29, 0.717) is 5.56 Å². The Morgan fingerprint density at radius 2 is 2.45 bits per heavy atom. The fourth-order valence-corrected chi connectivity index (χ4v) is 0.750. The second kappa shape index (κ2) is 3.25. The van der Waals surface area contributed by atoms with Crippen LogP contribution in [0.25, 0.3) is 0 Å². The minimum atomic E-state index is -0.945. The van der Waals surface area contributed by atoms with Gasteiger partial charge in [0, 0.05) is 18.0 Å². The number of hydrogen-bond acceptors (Lipinski definition) is 3. The van der Waals surface area contributed by atoms with E-state index < -0.39 is 6.10 Å². The van der Waals surface area contributed by atoms with E-state index in [9.17, 15) is 4.79 Å². The maximum Gasteiger partial charge on any atom is 0.192 e. The average molecular weight is 151 g/mol. The van der Waals surface area contributed by atoms with Gasteiger partial charge in [-0.2, -0.15) is 0 Å². The number of ketones is 1. The van der Waals surface area contributed by atoms with Crippen LogP contribution < -0.4 is 0 Å². The molecule has 1 atom stereocenters. The zero-order chi connectivity index (χ0) is 8.27. The number of hydrogen-bond donors (Lipinski definition) is 1. The zero-order valence-electron chi connectivity index (χ0n) is 6.19. The van der Waals surface area contributed by atoms with Gasteiger partial charge in [0.2, 0.25) is 0 Å². The van der Waals surface area contributed by atoms with E-state index in [1.54, 1.807) is 18.3 Å². The summed E-state index contributed by atoms with van der Waals surface area (Å²) in [7, 11) is 0. The first-order valence-electron chi connectivity index (χ1n) is 3.34. The maximum absolute atomic E-state index is 11.1. The second-order valence-corrected chi connectivity index (χ2v) is 2.28. The highest BCUT2D eigenvalue weighted by molar-refractivity contribution is 5.98. The van der Waals surface area contributed by atoms with Crippen LogP contribution in [0.5, 0.6) is 0 Å². The van der Waals surface area contributed by atoms with Gasteiger partial charge in [-0.25, -0.2) is 0 Å². The van der Waals surface area contributed by atoms with Crippen LogP contribution in [0.1, 0.15) is 17.3 Å². The number of aliphatic hydroxyl groups excluding tert-OH is 1. The predicted octanol–water partition coefficient (Wildman–Crippen LogP) is 0.645. The van der Waals surface area contributed by atoms with E-state index in [1.807, 2.05) is 0 Å². The molecule has 0 aliphatic carbocycles. The summed E-state index contributed by atoms with van der Waals surface area (Å²) in [4.78, 5) is 14.8. The molecular formula is C8H9NO2. The topological polar surface area (TPSA) is 50.2 Å². The molecule has 58 valence electrons. The van der Waals surface area contributed by atoms with Crippen molar-refractivity contribution >= 4 is 5.78 Å². The van der Waals surface area contributed by atoms with Gasteiger partial charge >= 0.3 is 0 Å². The van der Waals surface area contributed by atoms with Gasteiger partial charge in [0.25, 0.3) is 0 Å². The number of rotatable bonds is 2. The summed E-state index contributed by atoms with van der Waals surface area (Å²) >= 11 is 0. The number of pyridine rings is 1. The minimum Gasteiger partial charge on any atom is -0.385 e. The Morgan fingerprint density at radius 3 is 2.91 bits per heavy atom. The molecule has 3 heteroatoms. The number of aromatic nitrogens is 1. The van der Waals surface area contributed by atoms with Gasteiger partial charge in [-0.3, -0.25) is 9.78 Å². The quantitative estimate of drug-likeness (QED) is 0.631. The van der Waals surface area contributed by atoms with Gasteiger partial charge in [0.05, 0.1) is 0 Å². The molecule has 11 heavy (non-hydrogen) atoms.